The van der Waals surface area contributed by atoms with Gasteiger partial charge >= 0.3 is 0 Å². The summed E-state index contributed by atoms with van der Waals surface area (Å²) in [6.07, 6.45) is 14.3. The van der Waals surface area contributed by atoms with Crippen LogP contribution in [0.25, 0.3) is 0 Å². The van der Waals surface area contributed by atoms with Crippen molar-refractivity contribution in [3.8, 4) is 0 Å². The van der Waals surface area contributed by atoms with Gasteiger partial charge < -0.3 is 0 Å². The van der Waals surface area contributed by atoms with Crippen molar-refractivity contribution in [2.24, 2.45) is 0 Å². The third-order valence-electron chi connectivity index (χ3n) is 4.90. The van der Waals surface area contributed by atoms with Gasteiger partial charge in [0.1, 0.15) is 0 Å². The standard InChI is InChI=1S/C24H36P2/c1-3-5-19-25(20-6-4-2)21-13-14-22-26(23-15-9-7-10-16-23)24-17-11-8-12-18-24/h7-12,15-18H,3-6,13-14,19-22H2,1-2H3. The van der Waals surface area contributed by atoms with Crippen LogP contribution >= 0.6 is 15.8 Å². The van der Waals surface area contributed by atoms with Gasteiger partial charge in [-0.2, -0.15) is 0 Å². The topological polar surface area (TPSA) is 0 Å². The van der Waals surface area contributed by atoms with Crippen molar-refractivity contribution in [2.45, 2.75) is 52.4 Å². The third-order valence-corrected chi connectivity index (χ3v) is 10.4. The summed E-state index contributed by atoms with van der Waals surface area (Å²) >= 11 is 0. The molecule has 0 N–H and O–H groups in total. The first-order valence-electron chi connectivity index (χ1n) is 10.4. The Bertz CT molecular complexity index is 520. The fourth-order valence-electron chi connectivity index (χ4n) is 3.33. The van der Waals surface area contributed by atoms with E-state index in [-0.39, 0.29) is 7.92 Å². The van der Waals surface area contributed by atoms with E-state index in [1.54, 1.807) is 0 Å². The monoisotopic (exact) mass is 386 g/mol. The van der Waals surface area contributed by atoms with Crippen molar-refractivity contribution in [2.75, 3.05) is 24.6 Å². The van der Waals surface area contributed by atoms with Gasteiger partial charge in [0, 0.05) is 0 Å². The molecule has 2 aromatic carbocycles. The van der Waals surface area contributed by atoms with Crippen LogP contribution in [-0.4, -0.2) is 24.6 Å². The average Bonchev–Trinajstić information content (AvgIpc) is 2.70. The van der Waals surface area contributed by atoms with Crippen molar-refractivity contribution in [1.82, 2.24) is 0 Å². The second-order valence-corrected chi connectivity index (χ2v) is 12.1. The Hall–Kier alpha value is -0.700. The van der Waals surface area contributed by atoms with Crippen molar-refractivity contribution >= 4 is 26.5 Å². The number of hydrogen-bond acceptors (Lipinski definition) is 0. The first-order valence-corrected chi connectivity index (χ1v) is 13.9. The second-order valence-electron chi connectivity index (χ2n) is 7.08. The molecular weight excluding hydrogens is 350 g/mol. The minimum atomic E-state index is -0.196. The van der Waals surface area contributed by atoms with E-state index in [4.69, 9.17) is 0 Å². The summed E-state index contributed by atoms with van der Waals surface area (Å²) in [5.41, 5.74) is 0. The van der Waals surface area contributed by atoms with E-state index in [0.29, 0.717) is 7.92 Å². The van der Waals surface area contributed by atoms with Crippen molar-refractivity contribution in [1.29, 1.82) is 0 Å². The van der Waals surface area contributed by atoms with Crippen LogP contribution in [0.3, 0.4) is 0 Å². The summed E-state index contributed by atoms with van der Waals surface area (Å²) in [6.45, 7) is 4.67. The van der Waals surface area contributed by atoms with Gasteiger partial charge in [0.15, 0.2) is 0 Å². The summed E-state index contributed by atoms with van der Waals surface area (Å²) in [5, 5.41) is 3.07. The van der Waals surface area contributed by atoms with E-state index < -0.39 is 0 Å². The van der Waals surface area contributed by atoms with Crippen molar-refractivity contribution < 1.29 is 0 Å². The quantitative estimate of drug-likeness (QED) is 0.257. The highest BCUT2D eigenvalue weighted by Gasteiger charge is 2.13. The summed E-state index contributed by atoms with van der Waals surface area (Å²) in [5.74, 6) is 0. The molecule has 0 radical (unpaired) electrons. The third kappa shape index (κ3) is 7.90. The van der Waals surface area contributed by atoms with Gasteiger partial charge in [-0.1, -0.05) is 87.4 Å². The van der Waals surface area contributed by atoms with Gasteiger partial charge in [-0.25, -0.2) is 0 Å². The zero-order valence-corrected chi connectivity index (χ0v) is 18.5. The largest absolute Gasteiger partial charge is 0.107 e. The predicted octanol–water partition coefficient (Wildman–Crippen LogP) is 6.98. The van der Waals surface area contributed by atoms with Crippen LogP contribution in [0.5, 0.6) is 0 Å². The molecule has 0 saturated heterocycles. The molecule has 2 rings (SSSR count). The lowest BCUT2D eigenvalue weighted by molar-refractivity contribution is 0.849. The zero-order chi connectivity index (χ0) is 18.5. The maximum Gasteiger partial charge on any atom is -0.0195 e. The molecule has 0 unspecified atom stereocenters. The van der Waals surface area contributed by atoms with Gasteiger partial charge in [0.2, 0.25) is 0 Å². The summed E-state index contributed by atoms with van der Waals surface area (Å²) in [7, 11) is 0.0989. The summed E-state index contributed by atoms with van der Waals surface area (Å²) < 4.78 is 0. The fourth-order valence-corrected chi connectivity index (χ4v) is 8.61. The Balaban J connectivity index is 1.88. The highest BCUT2D eigenvalue weighted by molar-refractivity contribution is 7.73. The van der Waals surface area contributed by atoms with E-state index in [2.05, 4.69) is 74.5 Å². The SMILES string of the molecule is CCCCP(CCCC)CCCCP(c1ccccc1)c1ccccc1. The molecule has 0 bridgehead atoms. The van der Waals surface area contributed by atoms with Gasteiger partial charge in [-0.3, -0.25) is 0 Å². The smallest absolute Gasteiger partial charge is 0.0195 e. The minimum Gasteiger partial charge on any atom is -0.107 e. The molecule has 0 fully saturated rings. The molecule has 0 amide bonds. The van der Waals surface area contributed by atoms with Crippen LogP contribution in [0.4, 0.5) is 0 Å². The van der Waals surface area contributed by atoms with Crippen LogP contribution in [0.2, 0.25) is 0 Å². The van der Waals surface area contributed by atoms with Crippen LogP contribution in [0, 0.1) is 0 Å². The molecule has 142 valence electrons. The van der Waals surface area contributed by atoms with Crippen molar-refractivity contribution in [3.05, 3.63) is 60.7 Å². The van der Waals surface area contributed by atoms with Crippen LogP contribution in [0.1, 0.15) is 52.4 Å². The molecular formula is C24H36P2. The zero-order valence-electron chi connectivity index (χ0n) is 16.7. The lowest BCUT2D eigenvalue weighted by atomic mass is 10.4. The van der Waals surface area contributed by atoms with Crippen molar-refractivity contribution in [3.63, 3.8) is 0 Å². The van der Waals surface area contributed by atoms with E-state index in [9.17, 15) is 0 Å². The molecule has 0 heterocycles. The van der Waals surface area contributed by atoms with Gasteiger partial charge in [0.05, 0.1) is 0 Å². The Kier molecular flexibility index (Phi) is 11.2. The van der Waals surface area contributed by atoms with E-state index >= 15 is 0 Å². The molecule has 0 atom stereocenters. The summed E-state index contributed by atoms with van der Waals surface area (Å²) in [4.78, 5) is 0. The van der Waals surface area contributed by atoms with E-state index in [1.807, 2.05) is 0 Å². The molecule has 2 heteroatoms. The van der Waals surface area contributed by atoms with Gasteiger partial charge in [0.25, 0.3) is 0 Å². The maximum atomic E-state index is 2.33. The van der Waals surface area contributed by atoms with Gasteiger partial charge in [-0.15, -0.1) is 7.92 Å². The molecule has 0 spiro atoms. The number of rotatable bonds is 13. The Labute approximate surface area is 164 Å². The molecule has 0 nitrogen and oxygen atoms in total. The first kappa shape index (κ1) is 21.6. The normalized spacial score (nSPS) is 11.4. The minimum absolute atomic E-state index is 0.196. The molecule has 2 aromatic rings. The van der Waals surface area contributed by atoms with Crippen LogP contribution < -0.4 is 10.6 Å². The predicted molar refractivity (Wildman–Crippen MR) is 125 cm³/mol. The molecule has 0 saturated carbocycles. The van der Waals surface area contributed by atoms with E-state index in [1.165, 1.54) is 73.8 Å². The van der Waals surface area contributed by atoms with Gasteiger partial charge in [-0.05, 0) is 68.9 Å². The van der Waals surface area contributed by atoms with Crippen LogP contribution in [-0.2, 0) is 0 Å². The summed E-state index contributed by atoms with van der Waals surface area (Å²) in [6, 6.07) is 22.4. The maximum absolute atomic E-state index is 2.33. The molecule has 0 aliphatic carbocycles. The van der Waals surface area contributed by atoms with E-state index in [0.717, 1.165) is 0 Å². The first-order chi connectivity index (χ1) is 12.8. The number of hydrogen-bond donors (Lipinski definition) is 0. The lowest BCUT2D eigenvalue weighted by Crippen LogP contribution is -2.14. The lowest BCUT2D eigenvalue weighted by Gasteiger charge is -2.20. The molecule has 0 aliphatic rings. The fraction of sp³-hybridized carbons (Fsp3) is 0.500. The van der Waals surface area contributed by atoms with Crippen LogP contribution in [0.15, 0.2) is 60.7 Å². The number of benzene rings is 2. The Morgan fingerprint density at radius 1 is 0.538 bits per heavy atom. The highest BCUT2D eigenvalue weighted by atomic mass is 31.1. The Morgan fingerprint density at radius 3 is 1.42 bits per heavy atom. The molecule has 26 heavy (non-hydrogen) atoms. The average molecular weight is 386 g/mol. The second kappa shape index (κ2) is 13.5. The Morgan fingerprint density at radius 2 is 0.962 bits per heavy atom. The highest BCUT2D eigenvalue weighted by Crippen LogP contribution is 2.40. The number of unbranched alkanes of at least 4 members (excludes halogenated alkanes) is 3. The molecule has 0 aromatic heterocycles. The molecule has 0 aliphatic heterocycles.